The fourth-order valence-corrected chi connectivity index (χ4v) is 0.911. The van der Waals surface area contributed by atoms with E-state index in [-0.39, 0.29) is 5.41 Å². The van der Waals surface area contributed by atoms with Crippen molar-refractivity contribution in [1.29, 1.82) is 0 Å². The molecule has 14 heavy (non-hydrogen) atoms. The van der Waals surface area contributed by atoms with E-state index < -0.39 is 5.54 Å². The van der Waals surface area contributed by atoms with Crippen molar-refractivity contribution in [1.82, 2.24) is 10.1 Å². The Hall–Kier alpha value is -0.900. The molecule has 80 valence electrons. The van der Waals surface area contributed by atoms with Gasteiger partial charge in [-0.3, -0.25) is 0 Å². The predicted molar refractivity (Wildman–Crippen MR) is 54.8 cm³/mol. The standard InChI is InChI=1S/C10H19N3O/c1-6-10(5,11)8-12-7(13-14-8)9(2,3)4/h6,11H2,1-5H3. The van der Waals surface area contributed by atoms with Crippen LogP contribution in [0.1, 0.15) is 52.8 Å². The summed E-state index contributed by atoms with van der Waals surface area (Å²) in [4.78, 5) is 4.32. The Morgan fingerprint density at radius 1 is 1.29 bits per heavy atom. The van der Waals surface area contributed by atoms with Crippen LogP contribution in [0.3, 0.4) is 0 Å². The molecule has 1 atom stereocenters. The number of hydrogen-bond donors (Lipinski definition) is 1. The van der Waals surface area contributed by atoms with Crippen LogP contribution in [0.2, 0.25) is 0 Å². The normalized spacial score (nSPS) is 16.7. The predicted octanol–water partition coefficient (Wildman–Crippen LogP) is 1.95. The molecule has 1 unspecified atom stereocenters. The summed E-state index contributed by atoms with van der Waals surface area (Å²) in [7, 11) is 0. The molecule has 0 bridgehead atoms. The first-order valence-corrected chi connectivity index (χ1v) is 4.91. The van der Waals surface area contributed by atoms with Crippen LogP contribution in [0.15, 0.2) is 4.52 Å². The highest BCUT2D eigenvalue weighted by molar-refractivity contribution is 5.05. The molecule has 0 fully saturated rings. The summed E-state index contributed by atoms with van der Waals surface area (Å²) in [5.74, 6) is 1.22. The highest BCUT2D eigenvalue weighted by Crippen LogP contribution is 2.24. The minimum atomic E-state index is -0.517. The maximum Gasteiger partial charge on any atom is 0.246 e. The zero-order chi connectivity index (χ0) is 11.0. The largest absolute Gasteiger partial charge is 0.337 e. The van der Waals surface area contributed by atoms with Gasteiger partial charge < -0.3 is 10.3 Å². The summed E-state index contributed by atoms with van der Waals surface area (Å²) in [5, 5.41) is 3.94. The van der Waals surface area contributed by atoms with Crippen LogP contribution in [0, 0.1) is 0 Å². The van der Waals surface area contributed by atoms with Gasteiger partial charge in [0.05, 0.1) is 5.54 Å². The molecule has 0 aliphatic carbocycles. The second-order valence-electron chi connectivity index (χ2n) is 4.94. The van der Waals surface area contributed by atoms with Gasteiger partial charge in [-0.1, -0.05) is 32.9 Å². The van der Waals surface area contributed by atoms with Crippen molar-refractivity contribution >= 4 is 0 Å². The van der Waals surface area contributed by atoms with Gasteiger partial charge in [0, 0.05) is 5.41 Å². The average molecular weight is 197 g/mol. The van der Waals surface area contributed by atoms with Crippen molar-refractivity contribution < 1.29 is 4.52 Å². The smallest absolute Gasteiger partial charge is 0.246 e. The van der Waals surface area contributed by atoms with Crippen molar-refractivity contribution in [2.24, 2.45) is 5.73 Å². The molecule has 4 heteroatoms. The fraction of sp³-hybridized carbons (Fsp3) is 0.800. The first-order chi connectivity index (χ1) is 6.27. The molecule has 4 nitrogen and oxygen atoms in total. The van der Waals surface area contributed by atoms with Crippen LogP contribution in [-0.2, 0) is 11.0 Å². The molecule has 1 heterocycles. The lowest BCUT2D eigenvalue weighted by Crippen LogP contribution is -2.32. The van der Waals surface area contributed by atoms with Crippen molar-refractivity contribution in [2.75, 3.05) is 0 Å². The number of nitrogens with zero attached hydrogens (tertiary/aromatic N) is 2. The SMILES string of the molecule is CCC(C)(N)c1nc(C(C)(C)C)no1. The van der Waals surface area contributed by atoms with Gasteiger partial charge in [0.2, 0.25) is 5.89 Å². The van der Waals surface area contributed by atoms with E-state index in [1.54, 1.807) is 0 Å². The molecule has 0 aromatic carbocycles. The van der Waals surface area contributed by atoms with Gasteiger partial charge in [0.15, 0.2) is 5.82 Å². The van der Waals surface area contributed by atoms with Gasteiger partial charge >= 0.3 is 0 Å². The highest BCUT2D eigenvalue weighted by atomic mass is 16.5. The average Bonchev–Trinajstić information content (AvgIpc) is 2.51. The lowest BCUT2D eigenvalue weighted by Gasteiger charge is -2.16. The van der Waals surface area contributed by atoms with Crippen molar-refractivity contribution in [2.45, 2.75) is 52.0 Å². The molecule has 2 N–H and O–H groups in total. The first-order valence-electron chi connectivity index (χ1n) is 4.91. The Morgan fingerprint density at radius 2 is 1.86 bits per heavy atom. The van der Waals surface area contributed by atoms with E-state index in [9.17, 15) is 0 Å². The Labute approximate surface area is 84.9 Å². The fourth-order valence-electron chi connectivity index (χ4n) is 0.911. The second-order valence-corrected chi connectivity index (χ2v) is 4.94. The Kier molecular flexibility index (Phi) is 2.67. The number of rotatable bonds is 2. The van der Waals surface area contributed by atoms with Crippen LogP contribution in [-0.4, -0.2) is 10.1 Å². The molecule has 0 saturated carbocycles. The van der Waals surface area contributed by atoms with E-state index in [4.69, 9.17) is 10.3 Å². The first kappa shape index (κ1) is 11.2. The highest BCUT2D eigenvalue weighted by Gasteiger charge is 2.29. The van der Waals surface area contributed by atoms with E-state index in [0.717, 1.165) is 6.42 Å². The number of nitrogens with two attached hydrogens (primary N) is 1. The summed E-state index contributed by atoms with van der Waals surface area (Å²) in [6.07, 6.45) is 0.777. The molecular formula is C10H19N3O. The molecule has 1 aromatic heterocycles. The van der Waals surface area contributed by atoms with Gasteiger partial charge in [-0.05, 0) is 13.3 Å². The molecule has 0 radical (unpaired) electrons. The quantitative estimate of drug-likeness (QED) is 0.787. The maximum atomic E-state index is 6.00. The van der Waals surface area contributed by atoms with Crippen LogP contribution >= 0.6 is 0 Å². The van der Waals surface area contributed by atoms with Gasteiger partial charge in [0.1, 0.15) is 0 Å². The minimum absolute atomic E-state index is 0.0917. The molecule has 0 spiro atoms. The van der Waals surface area contributed by atoms with Gasteiger partial charge in [-0.2, -0.15) is 4.98 Å². The van der Waals surface area contributed by atoms with Crippen LogP contribution < -0.4 is 5.73 Å². The van der Waals surface area contributed by atoms with E-state index >= 15 is 0 Å². The van der Waals surface area contributed by atoms with E-state index in [1.807, 2.05) is 34.6 Å². The summed E-state index contributed by atoms with van der Waals surface area (Å²) in [6.45, 7) is 10.0. The van der Waals surface area contributed by atoms with Crippen LogP contribution in [0.4, 0.5) is 0 Å². The monoisotopic (exact) mass is 197 g/mol. The van der Waals surface area contributed by atoms with E-state index in [1.165, 1.54) is 0 Å². The summed E-state index contributed by atoms with van der Waals surface area (Å²) in [6, 6.07) is 0. The topological polar surface area (TPSA) is 64.9 Å². The Morgan fingerprint density at radius 3 is 2.21 bits per heavy atom. The maximum absolute atomic E-state index is 6.00. The summed E-state index contributed by atoms with van der Waals surface area (Å²) < 4.78 is 5.16. The number of aromatic nitrogens is 2. The molecule has 1 aromatic rings. The third-order valence-electron chi connectivity index (χ3n) is 2.32. The zero-order valence-corrected chi connectivity index (χ0v) is 9.59. The summed E-state index contributed by atoms with van der Waals surface area (Å²) >= 11 is 0. The van der Waals surface area contributed by atoms with E-state index in [0.29, 0.717) is 11.7 Å². The summed E-state index contributed by atoms with van der Waals surface area (Å²) in [5.41, 5.74) is 5.39. The minimum Gasteiger partial charge on any atom is -0.337 e. The molecule has 0 saturated heterocycles. The Balaban J connectivity index is 3.00. The lowest BCUT2D eigenvalue weighted by molar-refractivity contribution is 0.287. The van der Waals surface area contributed by atoms with Crippen molar-refractivity contribution in [3.63, 3.8) is 0 Å². The lowest BCUT2D eigenvalue weighted by atomic mass is 9.95. The van der Waals surface area contributed by atoms with Gasteiger partial charge in [-0.25, -0.2) is 0 Å². The van der Waals surface area contributed by atoms with Crippen LogP contribution in [0.25, 0.3) is 0 Å². The van der Waals surface area contributed by atoms with Crippen molar-refractivity contribution in [3.8, 4) is 0 Å². The van der Waals surface area contributed by atoms with Gasteiger partial charge in [-0.15, -0.1) is 0 Å². The Bertz CT molecular complexity index is 309. The van der Waals surface area contributed by atoms with Crippen molar-refractivity contribution in [3.05, 3.63) is 11.7 Å². The molecule has 0 amide bonds. The molecule has 1 rings (SSSR count). The van der Waals surface area contributed by atoms with E-state index in [2.05, 4.69) is 10.1 Å². The molecule has 0 aliphatic rings. The third kappa shape index (κ3) is 2.12. The molecular weight excluding hydrogens is 178 g/mol. The zero-order valence-electron chi connectivity index (χ0n) is 9.59. The molecule has 0 aliphatic heterocycles. The van der Waals surface area contributed by atoms with Gasteiger partial charge in [0.25, 0.3) is 0 Å². The van der Waals surface area contributed by atoms with Crippen LogP contribution in [0.5, 0.6) is 0 Å². The number of hydrogen-bond acceptors (Lipinski definition) is 4. The second kappa shape index (κ2) is 3.35. The third-order valence-corrected chi connectivity index (χ3v) is 2.32.